The third kappa shape index (κ3) is 8.42. The van der Waals surface area contributed by atoms with Gasteiger partial charge in [-0.1, -0.05) is 41.9 Å². The summed E-state index contributed by atoms with van der Waals surface area (Å²) in [5.74, 6) is 2.46. The van der Waals surface area contributed by atoms with Crippen molar-refractivity contribution >= 4 is 40.8 Å². The Hall–Kier alpha value is -4.58. The average molecular weight is 661 g/mol. The number of halogens is 1. The number of amides is 1. The molecule has 1 aromatic heterocycles. The van der Waals surface area contributed by atoms with Gasteiger partial charge >= 0.3 is 6.09 Å². The molecule has 0 aliphatic carbocycles. The number of para-hydroxylation sites is 2. The first kappa shape index (κ1) is 33.8. The van der Waals surface area contributed by atoms with Crippen LogP contribution in [0.2, 0.25) is 5.02 Å². The maximum absolute atomic E-state index is 13.8. The number of hydrogen-bond donors (Lipinski definition) is 1. The van der Waals surface area contributed by atoms with Crippen LogP contribution in [0.5, 0.6) is 23.0 Å². The second-order valence-electron chi connectivity index (χ2n) is 11.3. The molecule has 1 fully saturated rings. The highest BCUT2D eigenvalue weighted by atomic mass is 35.5. The van der Waals surface area contributed by atoms with Gasteiger partial charge in [0.25, 0.3) is 0 Å². The molecule has 3 aromatic carbocycles. The standard InChI is InChI=1S/C35H41ClN6O5/c1-24-10-8-11-25(2)32(24)47-35(43)42(28-13-7-6-12-27(28)36)31-14-15-37-34(39-31)38-26-22-29(44-4)33(45-5)30(23-26)46-21-9-16-41-19-17-40(3)18-20-41/h6-8,10-15,22-23H,9,16-21H2,1-5H3,(H,37,38,39). The molecule has 11 nitrogen and oxygen atoms in total. The van der Waals surface area contributed by atoms with Gasteiger partial charge in [-0.2, -0.15) is 4.98 Å². The molecule has 0 bridgehead atoms. The van der Waals surface area contributed by atoms with E-state index in [4.69, 9.17) is 30.5 Å². The molecule has 1 N–H and O–H groups in total. The molecule has 4 aromatic rings. The molecule has 0 spiro atoms. The lowest BCUT2D eigenvalue weighted by atomic mass is 10.1. The van der Waals surface area contributed by atoms with Gasteiger partial charge < -0.3 is 34.1 Å². The Morgan fingerprint density at radius 1 is 0.936 bits per heavy atom. The first-order valence-corrected chi connectivity index (χ1v) is 15.9. The van der Waals surface area contributed by atoms with E-state index < -0.39 is 6.09 Å². The van der Waals surface area contributed by atoms with Gasteiger partial charge in [0, 0.05) is 62.8 Å². The van der Waals surface area contributed by atoms with Crippen LogP contribution >= 0.6 is 11.6 Å². The maximum Gasteiger partial charge on any atom is 0.425 e. The molecule has 248 valence electrons. The van der Waals surface area contributed by atoms with Crippen molar-refractivity contribution in [2.45, 2.75) is 20.3 Å². The molecule has 1 amide bonds. The number of anilines is 4. The molecule has 1 aliphatic rings. The average Bonchev–Trinajstić information content (AvgIpc) is 3.06. The summed E-state index contributed by atoms with van der Waals surface area (Å²) < 4.78 is 23.4. The van der Waals surface area contributed by atoms with Gasteiger partial charge in [-0.05, 0) is 50.6 Å². The van der Waals surface area contributed by atoms with Crippen molar-refractivity contribution in [3.63, 3.8) is 0 Å². The zero-order valence-corrected chi connectivity index (χ0v) is 28.2. The van der Waals surface area contributed by atoms with Crippen molar-refractivity contribution in [3.05, 3.63) is 83.0 Å². The Morgan fingerprint density at radius 3 is 2.36 bits per heavy atom. The number of ether oxygens (including phenoxy) is 4. The lowest BCUT2D eigenvalue weighted by Crippen LogP contribution is -2.44. The van der Waals surface area contributed by atoms with Gasteiger partial charge in [-0.25, -0.2) is 14.7 Å². The lowest BCUT2D eigenvalue weighted by molar-refractivity contribution is 0.145. The molecule has 5 rings (SSSR count). The molecule has 0 radical (unpaired) electrons. The van der Waals surface area contributed by atoms with Crippen LogP contribution in [0.4, 0.5) is 27.9 Å². The quantitative estimate of drug-likeness (QED) is 0.162. The van der Waals surface area contributed by atoms with Gasteiger partial charge in [0.2, 0.25) is 11.7 Å². The molecule has 47 heavy (non-hydrogen) atoms. The fourth-order valence-electron chi connectivity index (χ4n) is 5.36. The van der Waals surface area contributed by atoms with Gasteiger partial charge in [0.15, 0.2) is 11.5 Å². The van der Waals surface area contributed by atoms with E-state index in [1.165, 1.54) is 4.90 Å². The Labute approximate surface area is 281 Å². The van der Waals surface area contributed by atoms with E-state index in [1.807, 2.05) is 38.1 Å². The van der Waals surface area contributed by atoms with Crippen LogP contribution in [0, 0.1) is 13.8 Å². The molecular formula is C35H41ClN6O5. The number of aryl methyl sites for hydroxylation is 2. The van der Waals surface area contributed by atoms with Gasteiger partial charge in [0.05, 0.1) is 31.5 Å². The monoisotopic (exact) mass is 660 g/mol. The second-order valence-corrected chi connectivity index (χ2v) is 11.7. The summed E-state index contributed by atoms with van der Waals surface area (Å²) in [6, 6.07) is 17.9. The van der Waals surface area contributed by atoms with Gasteiger partial charge in [-0.15, -0.1) is 0 Å². The van der Waals surface area contributed by atoms with Crippen LogP contribution in [0.25, 0.3) is 0 Å². The summed E-state index contributed by atoms with van der Waals surface area (Å²) in [5, 5.41) is 3.58. The number of rotatable bonds is 12. The number of hydrogen-bond acceptors (Lipinski definition) is 10. The number of benzene rings is 3. The fraction of sp³-hybridized carbons (Fsp3) is 0.343. The number of likely N-dealkylation sites (N-methyl/N-ethyl adjacent to an activating group) is 1. The van der Waals surface area contributed by atoms with E-state index in [0.717, 1.165) is 50.3 Å². The second kappa shape index (κ2) is 15.8. The smallest absolute Gasteiger partial charge is 0.425 e. The van der Waals surface area contributed by atoms with Crippen LogP contribution in [-0.4, -0.2) is 86.5 Å². The number of nitrogens with one attached hydrogen (secondary N) is 1. The van der Waals surface area contributed by atoms with Crippen molar-refractivity contribution < 1.29 is 23.7 Å². The van der Waals surface area contributed by atoms with Crippen LogP contribution in [0.1, 0.15) is 17.5 Å². The van der Waals surface area contributed by atoms with Crippen LogP contribution < -0.4 is 29.2 Å². The number of carbonyl (C=O) groups is 1. The summed E-state index contributed by atoms with van der Waals surface area (Å²) in [6.07, 6.45) is 1.75. The normalized spacial score (nSPS) is 13.6. The third-order valence-corrected chi connectivity index (χ3v) is 8.24. The summed E-state index contributed by atoms with van der Waals surface area (Å²) in [4.78, 5) is 29.0. The van der Waals surface area contributed by atoms with E-state index in [9.17, 15) is 4.79 Å². The summed E-state index contributed by atoms with van der Waals surface area (Å²) in [7, 11) is 5.30. The number of nitrogens with zero attached hydrogens (tertiary/aromatic N) is 5. The van der Waals surface area contributed by atoms with Crippen molar-refractivity contribution in [2.75, 3.05) is 70.8 Å². The highest BCUT2D eigenvalue weighted by Crippen LogP contribution is 2.41. The molecule has 12 heteroatoms. The Bertz CT molecular complexity index is 1660. The molecule has 1 aliphatic heterocycles. The predicted molar refractivity (Wildman–Crippen MR) is 184 cm³/mol. The van der Waals surface area contributed by atoms with Crippen molar-refractivity contribution in [2.24, 2.45) is 0 Å². The number of piperazine rings is 1. The Kier molecular flexibility index (Phi) is 11.4. The van der Waals surface area contributed by atoms with Crippen molar-refractivity contribution in [1.82, 2.24) is 19.8 Å². The molecule has 0 atom stereocenters. The van der Waals surface area contributed by atoms with Gasteiger partial charge in [0.1, 0.15) is 11.6 Å². The van der Waals surface area contributed by atoms with E-state index in [2.05, 4.69) is 32.1 Å². The minimum absolute atomic E-state index is 0.229. The lowest BCUT2D eigenvalue weighted by Gasteiger charge is -2.32. The highest BCUT2D eigenvalue weighted by molar-refractivity contribution is 6.34. The minimum atomic E-state index is -0.668. The number of aromatic nitrogens is 2. The Morgan fingerprint density at radius 2 is 1.66 bits per heavy atom. The van der Waals surface area contributed by atoms with E-state index in [0.29, 0.717) is 46.0 Å². The number of carbonyl (C=O) groups excluding carboxylic acids is 1. The summed E-state index contributed by atoms with van der Waals surface area (Å²) in [5.41, 5.74) is 2.67. The minimum Gasteiger partial charge on any atom is -0.493 e. The molecule has 2 heterocycles. The molecule has 1 saturated heterocycles. The van der Waals surface area contributed by atoms with E-state index in [-0.39, 0.29) is 11.8 Å². The largest absolute Gasteiger partial charge is 0.493 e. The maximum atomic E-state index is 13.8. The third-order valence-electron chi connectivity index (χ3n) is 7.92. The zero-order chi connectivity index (χ0) is 33.3. The number of methoxy groups -OCH3 is 2. The van der Waals surface area contributed by atoms with Crippen LogP contribution in [-0.2, 0) is 0 Å². The molecule has 0 saturated carbocycles. The SMILES string of the molecule is COc1cc(Nc2nccc(N(C(=O)Oc3c(C)cccc3C)c3ccccc3Cl)n2)cc(OCCCN2CCN(C)CC2)c1OC. The zero-order valence-electron chi connectivity index (χ0n) is 27.5. The Balaban J connectivity index is 1.38. The summed E-state index contributed by atoms with van der Waals surface area (Å²) >= 11 is 6.58. The topological polar surface area (TPSA) is 102 Å². The summed E-state index contributed by atoms with van der Waals surface area (Å²) in [6.45, 7) is 9.51. The fourth-order valence-corrected chi connectivity index (χ4v) is 5.58. The first-order valence-electron chi connectivity index (χ1n) is 15.5. The molecule has 0 unspecified atom stereocenters. The van der Waals surface area contributed by atoms with Crippen LogP contribution in [0.15, 0.2) is 66.9 Å². The molecular weight excluding hydrogens is 620 g/mol. The van der Waals surface area contributed by atoms with Crippen molar-refractivity contribution in [3.8, 4) is 23.0 Å². The van der Waals surface area contributed by atoms with E-state index in [1.54, 1.807) is 56.8 Å². The van der Waals surface area contributed by atoms with E-state index >= 15 is 0 Å². The highest BCUT2D eigenvalue weighted by Gasteiger charge is 2.26. The predicted octanol–water partition coefficient (Wildman–Crippen LogP) is 6.86. The first-order chi connectivity index (χ1) is 22.8. The van der Waals surface area contributed by atoms with Crippen molar-refractivity contribution in [1.29, 1.82) is 0 Å². The van der Waals surface area contributed by atoms with Gasteiger partial charge in [-0.3, -0.25) is 0 Å². The van der Waals surface area contributed by atoms with Crippen LogP contribution in [0.3, 0.4) is 0 Å².